The number of ether oxygens (including phenoxy) is 1. The molecule has 0 radical (unpaired) electrons. The minimum absolute atomic E-state index is 0.00940. The average Bonchev–Trinajstić information content (AvgIpc) is 2.61. The second kappa shape index (κ2) is 8.20. The number of nitriles is 1. The van der Waals surface area contributed by atoms with Crippen LogP contribution in [-0.4, -0.2) is 18.0 Å². The van der Waals surface area contributed by atoms with Crippen molar-refractivity contribution in [3.8, 4) is 17.6 Å². The molecule has 0 aliphatic carbocycles. The Kier molecular flexibility index (Phi) is 6.02. The minimum Gasteiger partial charge on any atom is -0.455 e. The Hall–Kier alpha value is -3.00. The maximum absolute atomic E-state index is 12.2. The van der Waals surface area contributed by atoms with Gasteiger partial charge < -0.3 is 15.4 Å². The summed E-state index contributed by atoms with van der Waals surface area (Å²) >= 11 is 0. The number of rotatable bonds is 7. The van der Waals surface area contributed by atoms with Gasteiger partial charge in [-0.3, -0.25) is 4.79 Å². The maximum atomic E-state index is 12.2. The van der Waals surface area contributed by atoms with E-state index < -0.39 is 5.54 Å². The number of benzene rings is 2. The maximum Gasteiger partial charge on any atom is 0.240 e. The van der Waals surface area contributed by atoms with E-state index in [0.29, 0.717) is 11.4 Å². The molecule has 130 valence electrons. The van der Waals surface area contributed by atoms with Crippen LogP contribution in [0.3, 0.4) is 0 Å². The lowest BCUT2D eigenvalue weighted by Crippen LogP contribution is -2.50. The Bertz CT molecular complexity index is 753. The Morgan fingerprint density at radius 2 is 1.80 bits per heavy atom. The molecule has 0 saturated carbocycles. The van der Waals surface area contributed by atoms with Crippen molar-refractivity contribution in [2.24, 2.45) is 5.92 Å². The number of hydrogen-bond donors (Lipinski definition) is 2. The van der Waals surface area contributed by atoms with Crippen molar-refractivity contribution >= 4 is 11.6 Å². The zero-order valence-electron chi connectivity index (χ0n) is 14.7. The number of carbonyl (C=O) groups excluding carboxylic acids is 1. The van der Waals surface area contributed by atoms with Crippen molar-refractivity contribution in [3.05, 3.63) is 54.6 Å². The van der Waals surface area contributed by atoms with Crippen molar-refractivity contribution in [2.75, 3.05) is 11.9 Å². The van der Waals surface area contributed by atoms with Gasteiger partial charge in [0.1, 0.15) is 11.3 Å². The molecule has 0 heterocycles. The smallest absolute Gasteiger partial charge is 0.240 e. The first-order valence-electron chi connectivity index (χ1n) is 8.22. The van der Waals surface area contributed by atoms with Gasteiger partial charge in [0.05, 0.1) is 18.3 Å². The van der Waals surface area contributed by atoms with Gasteiger partial charge in [0.25, 0.3) is 0 Å². The van der Waals surface area contributed by atoms with E-state index in [0.717, 1.165) is 5.75 Å². The van der Waals surface area contributed by atoms with E-state index in [1.54, 1.807) is 6.92 Å². The molecule has 5 heteroatoms. The fourth-order valence-electron chi connectivity index (χ4n) is 2.13. The standard InChI is InChI=1S/C20H23N3O2/c1-15(2)20(3,14-21)23-19(24)13-22-17-11-7-8-12-18(17)25-16-9-5-4-6-10-16/h4-12,15,22H,13H2,1-3H3,(H,23,24). The molecule has 0 fully saturated rings. The quantitative estimate of drug-likeness (QED) is 0.802. The summed E-state index contributed by atoms with van der Waals surface area (Å²) in [7, 11) is 0. The van der Waals surface area contributed by atoms with Crippen LogP contribution in [0.25, 0.3) is 0 Å². The van der Waals surface area contributed by atoms with Gasteiger partial charge in [-0.15, -0.1) is 0 Å². The van der Waals surface area contributed by atoms with E-state index in [4.69, 9.17) is 4.74 Å². The second-order valence-corrected chi connectivity index (χ2v) is 6.28. The first-order chi connectivity index (χ1) is 11.9. The van der Waals surface area contributed by atoms with Crippen LogP contribution in [0, 0.1) is 17.2 Å². The van der Waals surface area contributed by atoms with Crippen LogP contribution in [-0.2, 0) is 4.79 Å². The van der Waals surface area contributed by atoms with Crippen LogP contribution in [0.1, 0.15) is 20.8 Å². The van der Waals surface area contributed by atoms with Gasteiger partial charge in [-0.1, -0.05) is 44.2 Å². The summed E-state index contributed by atoms with van der Waals surface area (Å²) < 4.78 is 5.86. The monoisotopic (exact) mass is 337 g/mol. The third-order valence-electron chi connectivity index (χ3n) is 4.08. The summed E-state index contributed by atoms with van der Waals surface area (Å²) in [5, 5.41) is 15.1. The normalized spacial score (nSPS) is 12.8. The highest BCUT2D eigenvalue weighted by Crippen LogP contribution is 2.28. The van der Waals surface area contributed by atoms with Gasteiger partial charge in [-0.25, -0.2) is 0 Å². The zero-order chi connectivity index (χ0) is 18.3. The third kappa shape index (κ3) is 4.98. The molecule has 0 aliphatic heterocycles. The molecule has 1 unspecified atom stereocenters. The molecule has 0 bridgehead atoms. The topological polar surface area (TPSA) is 74.2 Å². The summed E-state index contributed by atoms with van der Waals surface area (Å²) in [5.41, 5.74) is -0.177. The van der Waals surface area contributed by atoms with Crippen molar-refractivity contribution in [3.63, 3.8) is 0 Å². The highest BCUT2D eigenvalue weighted by atomic mass is 16.5. The lowest BCUT2D eigenvalue weighted by Gasteiger charge is -2.27. The molecule has 2 N–H and O–H groups in total. The van der Waals surface area contributed by atoms with Crippen LogP contribution >= 0.6 is 0 Å². The molecule has 0 spiro atoms. The average molecular weight is 337 g/mol. The lowest BCUT2D eigenvalue weighted by molar-refractivity contribution is -0.121. The summed E-state index contributed by atoms with van der Waals surface area (Å²) in [6.45, 7) is 5.58. The number of nitrogens with one attached hydrogen (secondary N) is 2. The van der Waals surface area contributed by atoms with E-state index >= 15 is 0 Å². The predicted octanol–water partition coefficient (Wildman–Crippen LogP) is 3.95. The van der Waals surface area contributed by atoms with Crippen LogP contribution in [0.5, 0.6) is 11.5 Å². The fourth-order valence-corrected chi connectivity index (χ4v) is 2.13. The Morgan fingerprint density at radius 1 is 1.16 bits per heavy atom. The van der Waals surface area contributed by atoms with E-state index in [2.05, 4.69) is 16.7 Å². The molecule has 0 aromatic heterocycles. The van der Waals surface area contributed by atoms with Gasteiger partial charge in [-0.2, -0.15) is 5.26 Å². The Morgan fingerprint density at radius 3 is 2.44 bits per heavy atom. The zero-order valence-corrected chi connectivity index (χ0v) is 14.7. The number of hydrogen-bond acceptors (Lipinski definition) is 4. The van der Waals surface area contributed by atoms with Crippen molar-refractivity contribution in [2.45, 2.75) is 26.3 Å². The van der Waals surface area contributed by atoms with Crippen LogP contribution in [0.4, 0.5) is 5.69 Å². The molecule has 5 nitrogen and oxygen atoms in total. The molecule has 25 heavy (non-hydrogen) atoms. The molecule has 1 amide bonds. The molecule has 2 aromatic rings. The van der Waals surface area contributed by atoms with Crippen LogP contribution in [0.15, 0.2) is 54.6 Å². The molecule has 2 aromatic carbocycles. The summed E-state index contributed by atoms with van der Waals surface area (Å²) in [6.07, 6.45) is 0. The van der Waals surface area contributed by atoms with Crippen LogP contribution in [0.2, 0.25) is 0 Å². The third-order valence-corrected chi connectivity index (χ3v) is 4.08. The number of para-hydroxylation sites is 3. The molecule has 0 aliphatic rings. The largest absolute Gasteiger partial charge is 0.455 e. The summed E-state index contributed by atoms with van der Waals surface area (Å²) in [4.78, 5) is 12.2. The van der Waals surface area contributed by atoms with Gasteiger partial charge in [0.2, 0.25) is 5.91 Å². The van der Waals surface area contributed by atoms with E-state index in [-0.39, 0.29) is 18.4 Å². The van der Waals surface area contributed by atoms with E-state index in [9.17, 15) is 10.1 Å². The number of carbonyl (C=O) groups is 1. The van der Waals surface area contributed by atoms with Crippen LogP contribution < -0.4 is 15.4 Å². The lowest BCUT2D eigenvalue weighted by atomic mass is 9.90. The highest BCUT2D eigenvalue weighted by Gasteiger charge is 2.29. The number of nitrogens with zero attached hydrogens (tertiary/aromatic N) is 1. The van der Waals surface area contributed by atoms with Gasteiger partial charge in [0, 0.05) is 0 Å². The SMILES string of the molecule is CC(C)C(C)(C#N)NC(=O)CNc1ccccc1Oc1ccccc1. The number of anilines is 1. The highest BCUT2D eigenvalue weighted by molar-refractivity contribution is 5.82. The van der Waals surface area contributed by atoms with Crippen molar-refractivity contribution < 1.29 is 9.53 Å². The van der Waals surface area contributed by atoms with Crippen molar-refractivity contribution in [1.29, 1.82) is 5.26 Å². The Labute approximate surface area is 148 Å². The molecule has 2 rings (SSSR count). The molecular formula is C20H23N3O2. The van der Waals surface area contributed by atoms with Gasteiger partial charge >= 0.3 is 0 Å². The second-order valence-electron chi connectivity index (χ2n) is 6.28. The van der Waals surface area contributed by atoms with E-state index in [1.165, 1.54) is 0 Å². The minimum atomic E-state index is -0.890. The molecule has 0 saturated heterocycles. The number of amides is 1. The first-order valence-corrected chi connectivity index (χ1v) is 8.22. The van der Waals surface area contributed by atoms with E-state index in [1.807, 2.05) is 68.4 Å². The van der Waals surface area contributed by atoms with Crippen molar-refractivity contribution in [1.82, 2.24) is 5.32 Å². The molecular weight excluding hydrogens is 314 g/mol. The molecule has 1 atom stereocenters. The Balaban J connectivity index is 2.02. The fraction of sp³-hybridized carbons (Fsp3) is 0.300. The predicted molar refractivity (Wildman–Crippen MR) is 98.4 cm³/mol. The van der Waals surface area contributed by atoms with Gasteiger partial charge in [-0.05, 0) is 37.1 Å². The first kappa shape index (κ1) is 18.3. The summed E-state index contributed by atoms with van der Waals surface area (Å²) in [5.74, 6) is 1.12. The van der Waals surface area contributed by atoms with Gasteiger partial charge in [0.15, 0.2) is 5.75 Å². The summed E-state index contributed by atoms with van der Waals surface area (Å²) in [6, 6.07) is 19.0.